The molecule has 0 radical (unpaired) electrons. The molecule has 6 nitrogen and oxygen atoms in total. The first-order valence-electron chi connectivity index (χ1n) is 9.85. The number of carbonyl (C=O) groups is 1. The van der Waals surface area contributed by atoms with Crippen molar-refractivity contribution in [2.75, 3.05) is 18.4 Å². The Labute approximate surface area is 167 Å². The van der Waals surface area contributed by atoms with Crippen LogP contribution in [0.5, 0.6) is 0 Å². The van der Waals surface area contributed by atoms with Gasteiger partial charge in [0.15, 0.2) is 0 Å². The van der Waals surface area contributed by atoms with Crippen LogP contribution in [0.15, 0.2) is 11.4 Å². The van der Waals surface area contributed by atoms with Gasteiger partial charge in [0.2, 0.25) is 5.13 Å². The zero-order chi connectivity index (χ0) is 18.4. The Morgan fingerprint density at radius 2 is 2.04 bits per heavy atom. The second kappa shape index (κ2) is 7.24. The summed E-state index contributed by atoms with van der Waals surface area (Å²) in [7, 11) is 0. The monoisotopic (exact) mass is 403 g/mol. The number of amides is 1. The lowest BCUT2D eigenvalue weighted by atomic mass is 10.0. The number of hydrogen-bond acceptors (Lipinski definition) is 7. The molecule has 27 heavy (non-hydrogen) atoms. The third-order valence-corrected chi connectivity index (χ3v) is 7.55. The van der Waals surface area contributed by atoms with Crippen LogP contribution in [0.25, 0.3) is 0 Å². The summed E-state index contributed by atoms with van der Waals surface area (Å²) >= 11 is 2.92. The van der Waals surface area contributed by atoms with E-state index in [-0.39, 0.29) is 5.91 Å². The lowest BCUT2D eigenvalue weighted by Gasteiger charge is -2.32. The number of aromatic nitrogens is 2. The molecule has 0 bridgehead atoms. The fraction of sp³-hybridized carbons (Fsp3) is 0.632. The van der Waals surface area contributed by atoms with E-state index in [2.05, 4.69) is 37.2 Å². The Hall–Kier alpha value is -1.35. The average Bonchev–Trinajstić information content (AvgIpc) is 3.56. The topological polar surface area (TPSA) is 70.1 Å². The largest absolute Gasteiger partial charge is 0.311 e. The van der Waals surface area contributed by atoms with Gasteiger partial charge in [0, 0.05) is 24.0 Å². The number of likely N-dealkylation sites (tertiary alicyclic amines) is 1. The molecule has 8 heteroatoms. The summed E-state index contributed by atoms with van der Waals surface area (Å²) in [6, 6.07) is 4.20. The first kappa shape index (κ1) is 17.7. The molecule has 144 valence electrons. The SMILES string of the molecule is Cc1nnc(NC(=O)c2cc([C@@H]3CC3NC3CCN(C4CC4)CC3)cs2)s1. The smallest absolute Gasteiger partial charge is 0.267 e. The van der Waals surface area contributed by atoms with Crippen LogP contribution < -0.4 is 10.6 Å². The molecule has 3 heterocycles. The van der Waals surface area contributed by atoms with Crippen molar-refractivity contribution in [2.24, 2.45) is 0 Å². The number of anilines is 1. The second-order valence-electron chi connectivity index (χ2n) is 7.98. The molecule has 2 saturated carbocycles. The van der Waals surface area contributed by atoms with Gasteiger partial charge in [0.25, 0.3) is 5.91 Å². The van der Waals surface area contributed by atoms with E-state index in [1.165, 1.54) is 73.4 Å². The number of aryl methyl sites for hydroxylation is 1. The number of nitrogens with zero attached hydrogens (tertiary/aromatic N) is 3. The summed E-state index contributed by atoms with van der Waals surface area (Å²) in [5, 5.41) is 18.2. The normalized spacial score (nSPS) is 26.3. The molecular weight excluding hydrogens is 378 g/mol. The molecule has 2 atom stereocenters. The molecule has 0 aromatic carbocycles. The number of rotatable bonds is 6. The summed E-state index contributed by atoms with van der Waals surface area (Å²) in [6.45, 7) is 4.40. The summed E-state index contributed by atoms with van der Waals surface area (Å²) in [4.78, 5) is 15.8. The highest BCUT2D eigenvalue weighted by atomic mass is 32.1. The quantitative estimate of drug-likeness (QED) is 0.775. The van der Waals surface area contributed by atoms with E-state index in [0.717, 1.165) is 15.9 Å². The highest BCUT2D eigenvalue weighted by Crippen LogP contribution is 2.43. The third kappa shape index (κ3) is 4.08. The fourth-order valence-corrected chi connectivity index (χ4v) is 5.55. The molecule has 1 amide bonds. The number of carbonyl (C=O) groups excluding carboxylic acids is 1. The fourth-order valence-electron chi connectivity index (χ4n) is 4.09. The summed E-state index contributed by atoms with van der Waals surface area (Å²) in [5.41, 5.74) is 1.30. The van der Waals surface area contributed by atoms with Gasteiger partial charge in [0.1, 0.15) is 5.01 Å². The minimum absolute atomic E-state index is 0.0833. The van der Waals surface area contributed by atoms with E-state index >= 15 is 0 Å². The Kier molecular flexibility index (Phi) is 4.75. The minimum Gasteiger partial charge on any atom is -0.311 e. The van der Waals surface area contributed by atoms with Crippen LogP contribution >= 0.6 is 22.7 Å². The molecule has 1 saturated heterocycles. The number of hydrogen-bond donors (Lipinski definition) is 2. The van der Waals surface area contributed by atoms with E-state index in [0.29, 0.717) is 23.1 Å². The predicted molar refractivity (Wildman–Crippen MR) is 109 cm³/mol. The highest BCUT2D eigenvalue weighted by molar-refractivity contribution is 7.15. The number of piperidine rings is 1. The summed E-state index contributed by atoms with van der Waals surface area (Å²) in [6.07, 6.45) is 6.57. The van der Waals surface area contributed by atoms with Crippen LogP contribution in [0.4, 0.5) is 5.13 Å². The van der Waals surface area contributed by atoms with Crippen molar-refractivity contribution in [2.45, 2.75) is 63.1 Å². The standard InChI is InChI=1S/C19H25N5OS2/c1-11-22-23-19(27-11)21-18(25)17-8-12(10-26-17)15-9-16(15)20-13-4-6-24(7-5-13)14-2-3-14/h8,10,13-16,20H,2-7,9H2,1H3,(H,21,23,25)/t15-,16?/m0/s1. The van der Waals surface area contributed by atoms with Gasteiger partial charge >= 0.3 is 0 Å². The van der Waals surface area contributed by atoms with Crippen LogP contribution in [0.2, 0.25) is 0 Å². The molecule has 2 aromatic rings. The van der Waals surface area contributed by atoms with Gasteiger partial charge in [-0.25, -0.2) is 0 Å². The zero-order valence-electron chi connectivity index (χ0n) is 15.5. The van der Waals surface area contributed by atoms with Gasteiger partial charge in [-0.3, -0.25) is 10.1 Å². The van der Waals surface area contributed by atoms with Crippen LogP contribution in [-0.4, -0.2) is 52.2 Å². The lowest BCUT2D eigenvalue weighted by Crippen LogP contribution is -2.44. The van der Waals surface area contributed by atoms with Crippen molar-refractivity contribution in [1.82, 2.24) is 20.4 Å². The first-order valence-corrected chi connectivity index (χ1v) is 11.6. The van der Waals surface area contributed by atoms with Crippen LogP contribution in [0.1, 0.15) is 58.3 Å². The minimum atomic E-state index is -0.0833. The number of nitrogens with one attached hydrogen (secondary N) is 2. The Bertz CT molecular complexity index is 822. The van der Waals surface area contributed by atoms with Gasteiger partial charge in [-0.15, -0.1) is 21.5 Å². The van der Waals surface area contributed by atoms with Crippen LogP contribution in [0, 0.1) is 6.92 Å². The average molecular weight is 404 g/mol. The maximum atomic E-state index is 12.4. The van der Waals surface area contributed by atoms with Crippen molar-refractivity contribution in [1.29, 1.82) is 0 Å². The molecule has 1 aliphatic heterocycles. The van der Waals surface area contributed by atoms with E-state index in [1.54, 1.807) is 0 Å². The Morgan fingerprint density at radius 1 is 1.22 bits per heavy atom. The molecule has 0 spiro atoms. The predicted octanol–water partition coefficient (Wildman–Crippen LogP) is 3.23. The van der Waals surface area contributed by atoms with E-state index in [1.807, 2.05) is 6.92 Å². The molecule has 2 N–H and O–H groups in total. The van der Waals surface area contributed by atoms with E-state index in [9.17, 15) is 4.79 Å². The van der Waals surface area contributed by atoms with E-state index < -0.39 is 0 Å². The first-order chi connectivity index (χ1) is 13.2. The lowest BCUT2D eigenvalue weighted by molar-refractivity contribution is 0.103. The third-order valence-electron chi connectivity index (χ3n) is 5.85. The van der Waals surface area contributed by atoms with Crippen molar-refractivity contribution >= 4 is 33.7 Å². The van der Waals surface area contributed by atoms with Crippen molar-refractivity contribution in [3.8, 4) is 0 Å². The van der Waals surface area contributed by atoms with Crippen molar-refractivity contribution in [3.05, 3.63) is 26.9 Å². The molecule has 2 aromatic heterocycles. The molecule has 2 aliphatic carbocycles. The van der Waals surface area contributed by atoms with E-state index in [4.69, 9.17) is 0 Å². The second-order valence-corrected chi connectivity index (χ2v) is 10.1. The molecule has 1 unspecified atom stereocenters. The summed E-state index contributed by atoms with van der Waals surface area (Å²) < 4.78 is 0. The van der Waals surface area contributed by atoms with Gasteiger partial charge in [-0.1, -0.05) is 11.3 Å². The number of thiophene rings is 1. The van der Waals surface area contributed by atoms with Crippen molar-refractivity contribution in [3.63, 3.8) is 0 Å². The Morgan fingerprint density at radius 3 is 2.74 bits per heavy atom. The van der Waals surface area contributed by atoms with Crippen LogP contribution in [-0.2, 0) is 0 Å². The molecule has 5 rings (SSSR count). The zero-order valence-corrected chi connectivity index (χ0v) is 17.1. The highest BCUT2D eigenvalue weighted by Gasteiger charge is 2.41. The van der Waals surface area contributed by atoms with Crippen molar-refractivity contribution < 1.29 is 4.79 Å². The van der Waals surface area contributed by atoms with Gasteiger partial charge in [-0.2, -0.15) is 0 Å². The summed E-state index contributed by atoms with van der Waals surface area (Å²) in [5.74, 6) is 0.480. The van der Waals surface area contributed by atoms with Gasteiger partial charge in [0.05, 0.1) is 4.88 Å². The Balaban J connectivity index is 1.12. The molecular formula is C19H25N5OS2. The molecule has 3 aliphatic rings. The maximum Gasteiger partial charge on any atom is 0.267 e. The maximum absolute atomic E-state index is 12.4. The van der Waals surface area contributed by atoms with Crippen LogP contribution in [0.3, 0.4) is 0 Å². The van der Waals surface area contributed by atoms with Gasteiger partial charge in [-0.05, 0) is 69.1 Å². The molecule has 3 fully saturated rings. The van der Waals surface area contributed by atoms with Gasteiger partial charge < -0.3 is 10.2 Å².